The zero-order valence-electron chi connectivity index (χ0n) is 14.4. The van der Waals surface area contributed by atoms with E-state index < -0.39 is 0 Å². The first-order valence-corrected chi connectivity index (χ1v) is 9.87. The van der Waals surface area contributed by atoms with Crippen LogP contribution in [0.25, 0.3) is 10.2 Å². The lowest BCUT2D eigenvalue weighted by Crippen LogP contribution is -2.37. The Hall–Kier alpha value is -1.95. The van der Waals surface area contributed by atoms with Crippen LogP contribution in [0.15, 0.2) is 42.5 Å². The minimum Gasteiger partial charge on any atom is -0.376 e. The fourth-order valence-corrected chi connectivity index (χ4v) is 4.51. The first-order chi connectivity index (χ1) is 12.6. The first kappa shape index (κ1) is 17.5. The molecule has 0 saturated carbocycles. The number of hydrogen-bond donors (Lipinski definition) is 0. The van der Waals surface area contributed by atoms with Gasteiger partial charge in [0.25, 0.3) is 5.91 Å². The number of halogens is 1. The van der Waals surface area contributed by atoms with Crippen molar-refractivity contribution in [2.75, 3.05) is 18.1 Å². The molecule has 1 aliphatic rings. The average Bonchev–Trinajstić information content (AvgIpc) is 3.33. The fraction of sp³-hybridized carbons (Fsp3) is 0.300. The predicted molar refractivity (Wildman–Crippen MR) is 106 cm³/mol. The molecule has 134 valence electrons. The quantitative estimate of drug-likeness (QED) is 0.627. The van der Waals surface area contributed by atoms with Gasteiger partial charge in [0, 0.05) is 12.2 Å². The van der Waals surface area contributed by atoms with Gasteiger partial charge in [-0.25, -0.2) is 4.98 Å². The van der Waals surface area contributed by atoms with Crippen LogP contribution in [0.4, 0.5) is 5.13 Å². The molecule has 26 heavy (non-hydrogen) atoms. The standard InChI is InChI=1S/C20H19ClN2O2S/c1-13-9-10-16(21)18-17(13)22-20(26-18)23(12-15-8-5-11-25-15)19(24)14-6-3-2-4-7-14/h2-4,6-7,9-10,15H,5,8,11-12H2,1H3. The van der Waals surface area contributed by atoms with Crippen molar-refractivity contribution in [1.29, 1.82) is 0 Å². The number of nitrogens with zero attached hydrogens (tertiary/aromatic N) is 2. The third kappa shape index (κ3) is 3.34. The Kier molecular flexibility index (Phi) is 4.94. The molecule has 1 amide bonds. The van der Waals surface area contributed by atoms with Gasteiger partial charge in [-0.15, -0.1) is 0 Å². The van der Waals surface area contributed by atoms with Crippen molar-refractivity contribution in [3.05, 3.63) is 58.6 Å². The summed E-state index contributed by atoms with van der Waals surface area (Å²) >= 11 is 7.82. The first-order valence-electron chi connectivity index (χ1n) is 8.67. The highest BCUT2D eigenvalue weighted by Crippen LogP contribution is 2.36. The van der Waals surface area contributed by atoms with Crippen molar-refractivity contribution in [3.8, 4) is 0 Å². The minimum absolute atomic E-state index is 0.0474. The summed E-state index contributed by atoms with van der Waals surface area (Å²) in [6, 6.07) is 13.1. The molecule has 0 spiro atoms. The van der Waals surface area contributed by atoms with Gasteiger partial charge >= 0.3 is 0 Å². The fourth-order valence-electron chi connectivity index (χ4n) is 3.18. The largest absolute Gasteiger partial charge is 0.376 e. The number of hydrogen-bond acceptors (Lipinski definition) is 4. The number of aromatic nitrogens is 1. The van der Waals surface area contributed by atoms with E-state index in [9.17, 15) is 4.79 Å². The summed E-state index contributed by atoms with van der Waals surface area (Å²) in [5.41, 5.74) is 2.56. The van der Waals surface area contributed by atoms with Gasteiger partial charge in [0.2, 0.25) is 0 Å². The Bertz CT molecular complexity index is 897. The van der Waals surface area contributed by atoms with E-state index in [1.54, 1.807) is 4.90 Å². The number of rotatable bonds is 4. The topological polar surface area (TPSA) is 42.4 Å². The molecule has 0 N–H and O–H groups in total. The molecule has 0 aliphatic carbocycles. The molecule has 1 aliphatic heterocycles. The summed E-state index contributed by atoms with van der Waals surface area (Å²) in [7, 11) is 0. The van der Waals surface area contributed by atoms with Crippen LogP contribution in [0, 0.1) is 6.92 Å². The maximum atomic E-state index is 13.2. The maximum absolute atomic E-state index is 13.2. The summed E-state index contributed by atoms with van der Waals surface area (Å²) in [6.45, 7) is 3.26. The summed E-state index contributed by atoms with van der Waals surface area (Å²) in [5, 5.41) is 1.33. The van der Waals surface area contributed by atoms with Gasteiger partial charge in [0.15, 0.2) is 5.13 Å². The molecule has 2 aromatic carbocycles. The molecule has 1 atom stereocenters. The van der Waals surface area contributed by atoms with Crippen LogP contribution in [0.1, 0.15) is 28.8 Å². The highest BCUT2D eigenvalue weighted by molar-refractivity contribution is 7.23. The molecule has 0 radical (unpaired) electrons. The van der Waals surface area contributed by atoms with Crippen LogP contribution in [0.5, 0.6) is 0 Å². The summed E-state index contributed by atoms with van der Waals surface area (Å²) < 4.78 is 6.69. The zero-order chi connectivity index (χ0) is 18.1. The number of thiazole rings is 1. The lowest BCUT2D eigenvalue weighted by molar-refractivity contribution is 0.0917. The van der Waals surface area contributed by atoms with E-state index in [1.807, 2.05) is 49.4 Å². The second kappa shape index (κ2) is 7.35. The molecule has 3 aromatic rings. The third-order valence-electron chi connectivity index (χ3n) is 4.59. The van der Waals surface area contributed by atoms with Crippen molar-refractivity contribution < 1.29 is 9.53 Å². The maximum Gasteiger partial charge on any atom is 0.260 e. The molecule has 4 nitrogen and oxygen atoms in total. The smallest absolute Gasteiger partial charge is 0.260 e. The van der Waals surface area contributed by atoms with E-state index in [1.165, 1.54) is 11.3 Å². The van der Waals surface area contributed by atoms with Crippen molar-refractivity contribution in [2.45, 2.75) is 25.9 Å². The second-order valence-electron chi connectivity index (χ2n) is 6.46. The Morgan fingerprint density at radius 2 is 2.12 bits per heavy atom. The Morgan fingerprint density at radius 1 is 1.31 bits per heavy atom. The molecule has 1 fully saturated rings. The van der Waals surface area contributed by atoms with E-state index in [0.29, 0.717) is 22.3 Å². The van der Waals surface area contributed by atoms with Crippen LogP contribution in [0.3, 0.4) is 0 Å². The van der Waals surface area contributed by atoms with Gasteiger partial charge < -0.3 is 4.74 Å². The number of aryl methyl sites for hydroxylation is 1. The number of benzene rings is 2. The lowest BCUT2D eigenvalue weighted by Gasteiger charge is -2.23. The van der Waals surface area contributed by atoms with Crippen LogP contribution < -0.4 is 4.90 Å². The van der Waals surface area contributed by atoms with Gasteiger partial charge in [0.05, 0.1) is 27.9 Å². The molecular formula is C20H19ClN2O2S. The van der Waals surface area contributed by atoms with Crippen molar-refractivity contribution in [2.24, 2.45) is 0 Å². The zero-order valence-corrected chi connectivity index (χ0v) is 16.0. The van der Waals surface area contributed by atoms with Crippen LogP contribution in [0.2, 0.25) is 5.02 Å². The van der Waals surface area contributed by atoms with E-state index in [2.05, 4.69) is 0 Å². The Labute approximate surface area is 161 Å². The molecule has 1 unspecified atom stereocenters. The lowest BCUT2D eigenvalue weighted by atomic mass is 10.2. The highest BCUT2D eigenvalue weighted by Gasteiger charge is 2.27. The summed E-state index contributed by atoms with van der Waals surface area (Å²) in [6.07, 6.45) is 2.04. The normalized spacial score (nSPS) is 16.9. The van der Waals surface area contributed by atoms with E-state index in [4.69, 9.17) is 21.3 Å². The second-order valence-corrected chi connectivity index (χ2v) is 7.84. The predicted octanol–water partition coefficient (Wildman–Crippen LogP) is 5.08. The molecule has 0 bridgehead atoms. The van der Waals surface area contributed by atoms with Crippen LogP contribution in [-0.2, 0) is 4.74 Å². The van der Waals surface area contributed by atoms with Gasteiger partial charge in [-0.3, -0.25) is 9.69 Å². The van der Waals surface area contributed by atoms with Crippen LogP contribution in [-0.4, -0.2) is 30.1 Å². The van der Waals surface area contributed by atoms with E-state index in [-0.39, 0.29) is 12.0 Å². The number of carbonyl (C=O) groups excluding carboxylic acids is 1. The molecular weight excluding hydrogens is 368 g/mol. The van der Waals surface area contributed by atoms with Crippen LogP contribution >= 0.6 is 22.9 Å². The molecule has 4 rings (SSSR count). The highest BCUT2D eigenvalue weighted by atomic mass is 35.5. The number of ether oxygens (including phenoxy) is 1. The van der Waals surface area contributed by atoms with Gasteiger partial charge in [-0.05, 0) is 43.5 Å². The average molecular weight is 387 g/mol. The molecule has 1 saturated heterocycles. The van der Waals surface area contributed by atoms with E-state index >= 15 is 0 Å². The number of anilines is 1. The van der Waals surface area contributed by atoms with Crippen molar-refractivity contribution >= 4 is 44.2 Å². The molecule has 6 heteroatoms. The van der Waals surface area contributed by atoms with Gasteiger partial charge in [-0.2, -0.15) is 0 Å². The SMILES string of the molecule is Cc1ccc(Cl)c2sc(N(CC3CCCO3)C(=O)c3ccccc3)nc12. The van der Waals surface area contributed by atoms with E-state index in [0.717, 1.165) is 35.2 Å². The summed E-state index contributed by atoms with van der Waals surface area (Å²) in [5.74, 6) is -0.0612. The monoisotopic (exact) mass is 386 g/mol. The van der Waals surface area contributed by atoms with Gasteiger partial charge in [-0.1, -0.05) is 47.2 Å². The van der Waals surface area contributed by atoms with Crippen molar-refractivity contribution in [1.82, 2.24) is 4.98 Å². The number of carbonyl (C=O) groups is 1. The number of amides is 1. The Morgan fingerprint density at radius 3 is 2.81 bits per heavy atom. The summed E-state index contributed by atoms with van der Waals surface area (Å²) in [4.78, 5) is 19.7. The number of fused-ring (bicyclic) bond motifs is 1. The van der Waals surface area contributed by atoms with Gasteiger partial charge in [0.1, 0.15) is 0 Å². The molecule has 2 heterocycles. The van der Waals surface area contributed by atoms with Crippen molar-refractivity contribution in [3.63, 3.8) is 0 Å². The minimum atomic E-state index is -0.0612. The Balaban J connectivity index is 1.76. The molecule has 1 aromatic heterocycles. The third-order valence-corrected chi connectivity index (χ3v) is 6.13.